The zero-order valence-electron chi connectivity index (χ0n) is 18.1. The van der Waals surface area contributed by atoms with Gasteiger partial charge in [0.05, 0.1) is 13.2 Å². The average Bonchev–Trinajstić information content (AvgIpc) is 2.84. The van der Waals surface area contributed by atoms with Crippen molar-refractivity contribution in [2.75, 3.05) is 0 Å². The molecule has 2 N–H and O–H groups in total. The number of hydrogen-bond acceptors (Lipinski definition) is 4. The number of aliphatic hydroxyl groups is 1. The molecule has 0 bridgehead atoms. The Morgan fingerprint density at radius 1 is 1.03 bits per heavy atom. The van der Waals surface area contributed by atoms with Crippen LogP contribution in [0, 0.1) is 5.82 Å². The van der Waals surface area contributed by atoms with E-state index in [0.717, 1.165) is 42.4 Å². The lowest BCUT2D eigenvalue weighted by Crippen LogP contribution is -2.39. The van der Waals surface area contributed by atoms with Crippen molar-refractivity contribution in [2.24, 2.45) is 0 Å². The highest BCUT2D eigenvalue weighted by Gasteiger charge is 2.30. The second kappa shape index (κ2) is 10.7. The maximum absolute atomic E-state index is 13.4. The first-order chi connectivity index (χ1) is 15.6. The predicted molar refractivity (Wildman–Crippen MR) is 119 cm³/mol. The van der Waals surface area contributed by atoms with Crippen molar-refractivity contribution in [1.82, 2.24) is 5.32 Å². The number of benzene rings is 2. The van der Waals surface area contributed by atoms with Crippen LogP contribution in [0.25, 0.3) is 0 Å². The number of carbonyl (C=O) groups excluding carboxylic acids is 1. The average molecular weight is 440 g/mol. The van der Waals surface area contributed by atoms with Crippen LogP contribution in [0.2, 0.25) is 0 Å². The normalized spacial score (nSPS) is 21.5. The number of aliphatic hydroxyl groups excluding tert-OH is 1. The fourth-order valence-corrected chi connectivity index (χ4v) is 4.29. The first-order valence-electron chi connectivity index (χ1n) is 11.4. The molecule has 2 atom stereocenters. The van der Waals surface area contributed by atoms with Gasteiger partial charge in [-0.15, -0.1) is 0 Å². The minimum Gasteiger partial charge on any atom is -0.459 e. The molecule has 170 valence electrons. The predicted octanol–water partition coefficient (Wildman–Crippen LogP) is 4.70. The van der Waals surface area contributed by atoms with Gasteiger partial charge < -0.3 is 19.9 Å². The van der Waals surface area contributed by atoms with Gasteiger partial charge in [-0.05, 0) is 47.7 Å². The molecule has 1 fully saturated rings. The molecule has 6 heteroatoms. The van der Waals surface area contributed by atoms with Crippen molar-refractivity contribution in [3.63, 3.8) is 0 Å². The summed E-state index contributed by atoms with van der Waals surface area (Å²) in [5, 5.41) is 12.3. The first kappa shape index (κ1) is 22.5. The van der Waals surface area contributed by atoms with E-state index >= 15 is 0 Å². The summed E-state index contributed by atoms with van der Waals surface area (Å²) in [6.07, 6.45) is 7.21. The van der Waals surface area contributed by atoms with Crippen LogP contribution in [0.5, 0.6) is 0 Å². The van der Waals surface area contributed by atoms with E-state index in [1.165, 1.54) is 18.6 Å². The standard InChI is InChI=1S/C26H30FNO4/c27-22-12-10-20(11-13-22)21-14-24(26(30)28-23-4-2-1-3-5-23)32-25(15-21)31-17-19-8-6-18(16-29)7-9-19/h6-14,21,23,25,29H,1-5,15-17H2,(H,28,30)/t21-,25+/m1/s1. The van der Waals surface area contributed by atoms with Gasteiger partial charge in [0.2, 0.25) is 6.29 Å². The topological polar surface area (TPSA) is 67.8 Å². The number of allylic oxidation sites excluding steroid dienone is 1. The molecule has 0 saturated heterocycles. The number of halogens is 1. The van der Waals surface area contributed by atoms with Crippen molar-refractivity contribution in [2.45, 2.75) is 70.0 Å². The van der Waals surface area contributed by atoms with Gasteiger partial charge in [0.1, 0.15) is 5.82 Å². The molecule has 1 aliphatic carbocycles. The molecular formula is C26H30FNO4. The fraction of sp³-hybridized carbons (Fsp3) is 0.423. The minimum atomic E-state index is -0.598. The zero-order chi connectivity index (χ0) is 22.3. The van der Waals surface area contributed by atoms with E-state index in [2.05, 4.69) is 5.32 Å². The lowest BCUT2D eigenvalue weighted by molar-refractivity contribution is -0.150. The number of carbonyl (C=O) groups is 1. The van der Waals surface area contributed by atoms with E-state index in [0.29, 0.717) is 13.0 Å². The van der Waals surface area contributed by atoms with Crippen LogP contribution in [0.3, 0.4) is 0 Å². The molecule has 1 saturated carbocycles. The number of hydrogen-bond donors (Lipinski definition) is 2. The van der Waals surface area contributed by atoms with Crippen molar-refractivity contribution in [3.05, 3.63) is 82.9 Å². The van der Waals surface area contributed by atoms with Crippen molar-refractivity contribution in [3.8, 4) is 0 Å². The molecule has 2 aliphatic rings. The first-order valence-corrected chi connectivity index (χ1v) is 11.4. The van der Waals surface area contributed by atoms with Crippen LogP contribution < -0.4 is 5.32 Å². The summed E-state index contributed by atoms with van der Waals surface area (Å²) in [5.74, 6) is -0.362. The Balaban J connectivity index is 1.46. The van der Waals surface area contributed by atoms with Gasteiger partial charge in [-0.25, -0.2) is 4.39 Å². The van der Waals surface area contributed by atoms with Crippen molar-refractivity contribution in [1.29, 1.82) is 0 Å². The van der Waals surface area contributed by atoms with Crippen molar-refractivity contribution < 1.29 is 23.8 Å². The van der Waals surface area contributed by atoms with Gasteiger partial charge in [0.25, 0.3) is 5.91 Å². The van der Waals surface area contributed by atoms with E-state index in [4.69, 9.17) is 9.47 Å². The van der Waals surface area contributed by atoms with Crippen LogP contribution >= 0.6 is 0 Å². The largest absolute Gasteiger partial charge is 0.459 e. The molecule has 1 aliphatic heterocycles. The van der Waals surface area contributed by atoms with Crippen LogP contribution in [0.4, 0.5) is 4.39 Å². The van der Waals surface area contributed by atoms with Crippen LogP contribution in [-0.2, 0) is 27.5 Å². The SMILES string of the molecule is O=C(NC1CCCCC1)C1=C[C@@H](c2ccc(F)cc2)C[C@@H](OCc2ccc(CO)cc2)O1. The number of nitrogens with one attached hydrogen (secondary N) is 1. The Hall–Kier alpha value is -2.70. The second-order valence-corrected chi connectivity index (χ2v) is 8.57. The Labute approximate surface area is 188 Å². The molecule has 1 amide bonds. The summed E-state index contributed by atoms with van der Waals surface area (Å²) in [4.78, 5) is 12.9. The lowest BCUT2D eigenvalue weighted by Gasteiger charge is -2.30. The molecule has 0 radical (unpaired) electrons. The number of rotatable bonds is 7. The smallest absolute Gasteiger partial charge is 0.286 e. The molecule has 0 spiro atoms. The molecule has 2 aromatic rings. The zero-order valence-corrected chi connectivity index (χ0v) is 18.1. The van der Waals surface area contributed by atoms with Crippen molar-refractivity contribution >= 4 is 5.91 Å². The van der Waals surface area contributed by atoms with E-state index in [1.807, 2.05) is 30.3 Å². The van der Waals surface area contributed by atoms with E-state index < -0.39 is 6.29 Å². The minimum absolute atomic E-state index is 0.00349. The van der Waals surface area contributed by atoms with E-state index in [9.17, 15) is 14.3 Å². The second-order valence-electron chi connectivity index (χ2n) is 8.57. The Morgan fingerprint density at radius 3 is 2.41 bits per heavy atom. The highest BCUT2D eigenvalue weighted by Crippen LogP contribution is 2.32. The molecule has 5 nitrogen and oxygen atoms in total. The van der Waals surface area contributed by atoms with Gasteiger partial charge in [0.15, 0.2) is 5.76 Å². The molecule has 0 unspecified atom stereocenters. The maximum Gasteiger partial charge on any atom is 0.286 e. The molecule has 1 heterocycles. The molecular weight excluding hydrogens is 409 g/mol. The summed E-state index contributed by atoms with van der Waals surface area (Å²) in [6.45, 7) is 0.320. The summed E-state index contributed by atoms with van der Waals surface area (Å²) in [7, 11) is 0. The summed E-state index contributed by atoms with van der Waals surface area (Å²) < 4.78 is 25.4. The number of ether oxygens (including phenoxy) is 2. The van der Waals surface area contributed by atoms with Crippen LogP contribution in [0.1, 0.15) is 61.1 Å². The van der Waals surface area contributed by atoms with Crippen LogP contribution in [0.15, 0.2) is 60.4 Å². The van der Waals surface area contributed by atoms with Gasteiger partial charge in [-0.1, -0.05) is 55.7 Å². The maximum atomic E-state index is 13.4. The molecule has 2 aromatic carbocycles. The molecule has 32 heavy (non-hydrogen) atoms. The lowest BCUT2D eigenvalue weighted by atomic mass is 9.92. The summed E-state index contributed by atoms with van der Waals surface area (Å²) in [5.41, 5.74) is 2.70. The highest BCUT2D eigenvalue weighted by atomic mass is 19.1. The van der Waals surface area contributed by atoms with Crippen LogP contribution in [-0.4, -0.2) is 23.3 Å². The van der Waals surface area contributed by atoms with E-state index in [-0.39, 0.29) is 36.1 Å². The summed E-state index contributed by atoms with van der Waals surface area (Å²) >= 11 is 0. The van der Waals surface area contributed by atoms with Gasteiger partial charge in [-0.3, -0.25) is 4.79 Å². The Kier molecular flexibility index (Phi) is 7.55. The highest BCUT2D eigenvalue weighted by molar-refractivity contribution is 5.92. The van der Waals surface area contributed by atoms with E-state index in [1.54, 1.807) is 12.1 Å². The van der Waals surface area contributed by atoms with Gasteiger partial charge in [-0.2, -0.15) is 0 Å². The Morgan fingerprint density at radius 2 is 1.72 bits per heavy atom. The van der Waals surface area contributed by atoms with Gasteiger partial charge in [0, 0.05) is 18.4 Å². The monoisotopic (exact) mass is 439 g/mol. The third-order valence-corrected chi connectivity index (χ3v) is 6.16. The Bertz CT molecular complexity index is 920. The third kappa shape index (κ3) is 5.96. The quantitative estimate of drug-likeness (QED) is 0.656. The molecule has 4 rings (SSSR count). The number of amides is 1. The van der Waals surface area contributed by atoms with Gasteiger partial charge >= 0.3 is 0 Å². The molecule has 0 aromatic heterocycles. The summed E-state index contributed by atoms with van der Waals surface area (Å²) in [6, 6.07) is 14.0. The fourth-order valence-electron chi connectivity index (χ4n) is 4.29. The third-order valence-electron chi connectivity index (χ3n) is 6.16.